The van der Waals surface area contributed by atoms with Gasteiger partial charge in [0.15, 0.2) is 0 Å². The van der Waals surface area contributed by atoms with Gasteiger partial charge in [-0.2, -0.15) is 65.9 Å². The number of hydrogen-bond acceptors (Lipinski definition) is 2. The Morgan fingerprint density at radius 2 is 0.808 bits per heavy atom. The number of alkyl halides is 15. The maximum atomic E-state index is 13.0. The minimum Gasteiger partial charge on any atom is -0.617 e. The fourth-order valence-corrected chi connectivity index (χ4v) is 1.48. The molecule has 0 spiro atoms. The molecule has 0 saturated heterocycles. The largest absolute Gasteiger partial charge is 0.617 e. The third-order valence-corrected chi connectivity index (χ3v) is 3.14. The van der Waals surface area contributed by atoms with Crippen molar-refractivity contribution in [2.75, 3.05) is 0 Å². The molecule has 0 heterocycles. The van der Waals surface area contributed by atoms with E-state index in [1.54, 1.807) is 0 Å². The van der Waals surface area contributed by atoms with Crippen molar-refractivity contribution in [2.24, 2.45) is 0 Å². The summed E-state index contributed by atoms with van der Waals surface area (Å²) in [5, 5.41) is 0. The van der Waals surface area contributed by atoms with Crippen LogP contribution < -0.4 is 0 Å². The summed E-state index contributed by atoms with van der Waals surface area (Å²) in [4.78, 5) is 10.3. The maximum Gasteiger partial charge on any atom is 0.499 e. The second-order valence-electron chi connectivity index (χ2n) is 4.44. The fourth-order valence-electron chi connectivity index (χ4n) is 1.22. The van der Waals surface area contributed by atoms with Crippen molar-refractivity contribution in [3.8, 4) is 0 Å². The molecule has 0 aromatic heterocycles. The Morgan fingerprint density at radius 3 is 1.08 bits per heavy atom. The zero-order valence-corrected chi connectivity index (χ0v) is 13.5. The minimum atomic E-state index is -8.41. The van der Waals surface area contributed by atoms with E-state index in [0.717, 1.165) is 0 Å². The quantitative estimate of drug-likeness (QED) is 0.466. The molecule has 0 amide bonds. The van der Waals surface area contributed by atoms with Crippen molar-refractivity contribution >= 4 is 22.6 Å². The van der Waals surface area contributed by atoms with Crippen molar-refractivity contribution in [3.63, 3.8) is 0 Å². The Kier molecular flexibility index (Phi) is 5.99. The van der Waals surface area contributed by atoms with E-state index < -0.39 is 64.3 Å². The predicted octanol–water partition coefficient (Wildman–Crippen LogP) is 3.45. The second kappa shape index (κ2) is 6.24. The van der Waals surface area contributed by atoms with Crippen molar-refractivity contribution < 1.29 is 74.4 Å². The summed E-state index contributed by atoms with van der Waals surface area (Å²) in [6.45, 7) is 0. The zero-order valence-electron chi connectivity index (χ0n) is 11.5. The van der Waals surface area contributed by atoms with Crippen LogP contribution in [0.4, 0.5) is 65.9 Å². The van der Waals surface area contributed by atoms with Gasteiger partial charge < -0.3 is 3.79 Å². The molecule has 0 N–H and O–H groups in total. The zero-order chi connectivity index (χ0) is 21.8. The molecule has 0 aliphatic heterocycles. The number of halogens is 15. The first-order chi connectivity index (χ1) is 11.0. The van der Waals surface area contributed by atoms with Crippen LogP contribution in [0, 0.1) is 0 Å². The second-order valence-corrected chi connectivity index (χ2v) is 4.84. The highest BCUT2D eigenvalue weighted by molar-refractivity contribution is 6.06. The van der Waals surface area contributed by atoms with Gasteiger partial charge in [0.2, 0.25) is 0 Å². The van der Waals surface area contributed by atoms with Gasteiger partial charge in [0.1, 0.15) is 0 Å². The molecule has 0 atom stereocenters. The van der Waals surface area contributed by atoms with Gasteiger partial charge in [0.05, 0.1) is 0 Å². The standard InChI is InChI=1S/C8HF15O2.Al.2H/c9-2(10,1(24)25)3(11,12)4(13,14)5(15,16)6(17,18)7(19,20)8(21,22)23;;;/h(H,24,25);;;/q;+1;;/p-1. The van der Waals surface area contributed by atoms with Crippen LogP contribution in [-0.2, 0) is 8.58 Å². The van der Waals surface area contributed by atoms with Gasteiger partial charge in [-0.15, -0.1) is 0 Å². The summed E-state index contributed by atoms with van der Waals surface area (Å²) in [7, 11) is 0. The molecule has 0 saturated carbocycles. The Bertz CT molecular complexity index is 550. The summed E-state index contributed by atoms with van der Waals surface area (Å²) in [5.41, 5.74) is 0. The molecule has 0 radical (unpaired) electrons. The average Bonchev–Trinajstić information content (AvgIpc) is 2.43. The summed E-state index contributed by atoms with van der Waals surface area (Å²) in [6.07, 6.45) is -7.66. The third-order valence-electron chi connectivity index (χ3n) is 2.77. The highest BCUT2D eigenvalue weighted by Crippen LogP contribution is 2.62. The molecule has 0 fully saturated rings. The average molecular weight is 442 g/mol. The minimum absolute atomic E-state index is 1.22. The number of carbonyl (C=O) groups excluding carboxylic acids is 1. The van der Waals surface area contributed by atoms with Crippen molar-refractivity contribution in [1.82, 2.24) is 0 Å². The third kappa shape index (κ3) is 2.98. The van der Waals surface area contributed by atoms with Gasteiger partial charge in [-0.3, -0.25) is 0 Å². The first-order valence-electron chi connectivity index (χ1n) is 5.40. The lowest BCUT2D eigenvalue weighted by atomic mass is 9.91. The van der Waals surface area contributed by atoms with Gasteiger partial charge >= 0.3 is 64.3 Å². The monoisotopic (exact) mass is 442 g/mol. The maximum absolute atomic E-state index is 13.0. The van der Waals surface area contributed by atoms with Crippen LogP contribution >= 0.6 is 0 Å². The highest BCUT2D eigenvalue weighted by Gasteiger charge is 2.94. The van der Waals surface area contributed by atoms with E-state index in [2.05, 4.69) is 3.79 Å². The Hall–Kier alpha value is -1.05. The summed E-state index contributed by atoms with van der Waals surface area (Å²) < 4.78 is 192. The van der Waals surface area contributed by atoms with E-state index in [1.165, 1.54) is 0 Å². The molecule has 0 aliphatic rings. The number of carbonyl (C=O) groups is 1. The molecule has 0 aromatic carbocycles. The van der Waals surface area contributed by atoms with Crippen LogP contribution in [0.5, 0.6) is 0 Å². The number of hydrogen-bond donors (Lipinski definition) is 0. The topological polar surface area (TPSA) is 26.3 Å². The van der Waals surface area contributed by atoms with Crippen LogP contribution in [0.25, 0.3) is 0 Å². The lowest BCUT2D eigenvalue weighted by Gasteiger charge is -2.40. The molecule has 0 bridgehead atoms. The smallest absolute Gasteiger partial charge is 0.499 e. The Morgan fingerprint density at radius 1 is 0.538 bits per heavy atom. The lowest BCUT2D eigenvalue weighted by molar-refractivity contribution is -0.450. The van der Waals surface area contributed by atoms with Crippen LogP contribution in [0.3, 0.4) is 0 Å². The van der Waals surface area contributed by atoms with E-state index in [0.29, 0.717) is 0 Å². The predicted molar refractivity (Wildman–Crippen MR) is 50.4 cm³/mol. The summed E-state index contributed by atoms with van der Waals surface area (Å²) >= 11 is -1.22. The Labute approximate surface area is 140 Å². The van der Waals surface area contributed by atoms with Crippen molar-refractivity contribution in [2.45, 2.75) is 41.7 Å². The van der Waals surface area contributed by atoms with Gasteiger partial charge in [-0.05, 0) is 0 Å². The van der Waals surface area contributed by atoms with Crippen LogP contribution in [-0.4, -0.2) is 64.3 Å². The van der Waals surface area contributed by atoms with Crippen LogP contribution in [0.2, 0.25) is 0 Å². The lowest BCUT2D eigenvalue weighted by Crippen LogP contribution is -2.73. The molecule has 18 heteroatoms. The molecule has 154 valence electrons. The first kappa shape index (κ1) is 25.0. The van der Waals surface area contributed by atoms with Crippen LogP contribution in [0.1, 0.15) is 0 Å². The molecule has 0 aromatic rings. The van der Waals surface area contributed by atoms with E-state index in [4.69, 9.17) is 0 Å². The van der Waals surface area contributed by atoms with E-state index in [9.17, 15) is 70.7 Å². The van der Waals surface area contributed by atoms with E-state index in [1.807, 2.05) is 0 Å². The van der Waals surface area contributed by atoms with Gasteiger partial charge in [-0.1, -0.05) is 0 Å². The van der Waals surface area contributed by atoms with E-state index in [-0.39, 0.29) is 0 Å². The molecule has 0 aliphatic carbocycles. The van der Waals surface area contributed by atoms with Crippen molar-refractivity contribution in [1.29, 1.82) is 0 Å². The normalized spacial score (nSPS) is 15.8. The summed E-state index contributed by atoms with van der Waals surface area (Å²) in [5.74, 6) is -51.5. The molecule has 0 unspecified atom stereocenters. The van der Waals surface area contributed by atoms with Crippen LogP contribution in [0.15, 0.2) is 0 Å². The van der Waals surface area contributed by atoms with E-state index >= 15 is 0 Å². The van der Waals surface area contributed by atoms with Gasteiger partial charge in [0.25, 0.3) is 0 Å². The molecule has 0 rings (SSSR count). The van der Waals surface area contributed by atoms with Gasteiger partial charge in [-0.25, -0.2) is 4.79 Å². The number of rotatable bonds is 6. The fraction of sp³-hybridized carbons (Fsp3) is 0.875. The van der Waals surface area contributed by atoms with Gasteiger partial charge in [0, 0.05) is 0 Å². The Balaban J connectivity index is 6.56. The first-order valence-corrected chi connectivity index (χ1v) is 6.22. The molecule has 2 nitrogen and oxygen atoms in total. The highest BCUT2D eigenvalue weighted by atomic mass is 27.1. The molecular weight excluding hydrogens is 440 g/mol. The SMILES string of the molecule is O=C([O][AlH2])C(F)(F)C(F)(F)C(F)(F)C(F)(F)C(F)(F)C(F)(F)C(F)(F)F. The molecule has 26 heavy (non-hydrogen) atoms. The molecular formula is C8H2AlF15O2. The summed E-state index contributed by atoms with van der Waals surface area (Å²) in [6, 6.07) is 0. The van der Waals surface area contributed by atoms with Crippen molar-refractivity contribution in [3.05, 3.63) is 0 Å².